The minimum Gasteiger partial charge on any atom is -0.490 e. The molecule has 2 heterocycles. The van der Waals surface area contributed by atoms with E-state index in [9.17, 15) is 4.79 Å². The first-order valence-corrected chi connectivity index (χ1v) is 10.8. The van der Waals surface area contributed by atoms with E-state index in [1.165, 1.54) is 6.92 Å². The monoisotopic (exact) mass is 432 g/mol. The Morgan fingerprint density at radius 3 is 2.53 bits per heavy atom. The zero-order valence-electron chi connectivity index (χ0n) is 18.3. The molecule has 1 aliphatic rings. The number of anilines is 5. The second-order valence-corrected chi connectivity index (χ2v) is 7.83. The minimum atomic E-state index is -0.112. The van der Waals surface area contributed by atoms with Crippen LogP contribution in [0, 0.1) is 6.92 Å². The van der Waals surface area contributed by atoms with Gasteiger partial charge in [-0.15, -0.1) is 0 Å². The van der Waals surface area contributed by atoms with Crippen LogP contribution in [-0.2, 0) is 4.79 Å². The van der Waals surface area contributed by atoms with Crippen molar-refractivity contribution in [3.63, 3.8) is 0 Å². The van der Waals surface area contributed by atoms with Crippen LogP contribution in [0.4, 0.5) is 28.8 Å². The predicted octanol–water partition coefficient (Wildman–Crippen LogP) is 4.36. The summed E-state index contributed by atoms with van der Waals surface area (Å²) >= 11 is 0. The van der Waals surface area contributed by atoms with Gasteiger partial charge in [-0.05, 0) is 75.3 Å². The van der Waals surface area contributed by atoms with E-state index in [0.717, 1.165) is 54.3 Å². The molecular formula is C24H28N6O2. The molecular weight excluding hydrogens is 404 g/mol. The van der Waals surface area contributed by atoms with Crippen molar-refractivity contribution in [3.05, 3.63) is 60.3 Å². The van der Waals surface area contributed by atoms with Crippen LogP contribution >= 0.6 is 0 Å². The molecule has 166 valence electrons. The Labute approximate surface area is 187 Å². The molecule has 0 unspecified atom stereocenters. The van der Waals surface area contributed by atoms with Crippen LogP contribution in [0.25, 0.3) is 0 Å². The third-order valence-electron chi connectivity index (χ3n) is 5.12. The maximum atomic E-state index is 11.3. The molecule has 0 saturated carbocycles. The van der Waals surface area contributed by atoms with Crippen molar-refractivity contribution >= 4 is 34.7 Å². The Balaban J connectivity index is 1.42. The first-order chi connectivity index (χ1) is 15.5. The van der Waals surface area contributed by atoms with Gasteiger partial charge in [-0.25, -0.2) is 4.98 Å². The molecule has 1 aliphatic heterocycles. The van der Waals surface area contributed by atoms with Crippen molar-refractivity contribution in [1.82, 2.24) is 15.3 Å². The van der Waals surface area contributed by atoms with E-state index in [4.69, 9.17) is 4.74 Å². The zero-order valence-corrected chi connectivity index (χ0v) is 18.3. The van der Waals surface area contributed by atoms with Crippen molar-refractivity contribution in [3.8, 4) is 5.75 Å². The van der Waals surface area contributed by atoms with Gasteiger partial charge in [0.05, 0.1) is 0 Å². The summed E-state index contributed by atoms with van der Waals surface area (Å²) in [6.07, 6.45) is 4.10. The Morgan fingerprint density at radius 1 is 1.03 bits per heavy atom. The molecule has 1 fully saturated rings. The quantitative estimate of drug-likeness (QED) is 0.440. The second kappa shape index (κ2) is 10.1. The summed E-state index contributed by atoms with van der Waals surface area (Å²) in [6.45, 7) is 5.43. The molecule has 1 amide bonds. The standard InChI is InChI=1S/C24H28N6O2/c1-16-15-26-24(30-23(16)28-20-5-3-4-19(14-20)27-17(2)31)29-18-6-8-21(9-7-18)32-22-10-12-25-13-11-22/h3-9,14-15,22,25H,10-13H2,1-2H3,(H,27,31)(H2,26,28,29,30). The van der Waals surface area contributed by atoms with Gasteiger partial charge in [0.15, 0.2) is 0 Å². The second-order valence-electron chi connectivity index (χ2n) is 7.83. The molecule has 0 radical (unpaired) electrons. The Hall–Kier alpha value is -3.65. The highest BCUT2D eigenvalue weighted by Gasteiger charge is 2.14. The number of nitrogens with one attached hydrogen (secondary N) is 4. The summed E-state index contributed by atoms with van der Waals surface area (Å²) in [5.74, 6) is 1.93. The molecule has 3 aromatic rings. The molecule has 1 aromatic heterocycles. The highest BCUT2D eigenvalue weighted by atomic mass is 16.5. The third kappa shape index (κ3) is 5.95. The summed E-state index contributed by atoms with van der Waals surface area (Å²) in [6, 6.07) is 15.3. The number of nitrogens with zero attached hydrogens (tertiary/aromatic N) is 2. The molecule has 2 aromatic carbocycles. The lowest BCUT2D eigenvalue weighted by atomic mass is 10.1. The number of hydrogen-bond donors (Lipinski definition) is 4. The lowest BCUT2D eigenvalue weighted by molar-refractivity contribution is -0.114. The molecule has 1 saturated heterocycles. The van der Waals surface area contributed by atoms with E-state index in [-0.39, 0.29) is 12.0 Å². The van der Waals surface area contributed by atoms with E-state index >= 15 is 0 Å². The molecule has 8 heteroatoms. The number of carbonyl (C=O) groups is 1. The van der Waals surface area contributed by atoms with Crippen LogP contribution in [0.3, 0.4) is 0 Å². The van der Waals surface area contributed by atoms with E-state index in [2.05, 4.69) is 31.2 Å². The van der Waals surface area contributed by atoms with Gasteiger partial charge in [0, 0.05) is 35.7 Å². The van der Waals surface area contributed by atoms with Gasteiger partial charge in [0.1, 0.15) is 17.7 Å². The highest BCUT2D eigenvalue weighted by molar-refractivity contribution is 5.89. The van der Waals surface area contributed by atoms with Crippen molar-refractivity contribution in [2.24, 2.45) is 0 Å². The predicted molar refractivity (Wildman–Crippen MR) is 127 cm³/mol. The Bertz CT molecular complexity index is 1060. The number of piperidine rings is 1. The minimum absolute atomic E-state index is 0.112. The first-order valence-electron chi connectivity index (χ1n) is 10.8. The van der Waals surface area contributed by atoms with Crippen LogP contribution in [0.5, 0.6) is 5.75 Å². The first kappa shape index (κ1) is 21.6. The van der Waals surface area contributed by atoms with Crippen molar-refractivity contribution in [2.45, 2.75) is 32.8 Å². The van der Waals surface area contributed by atoms with Gasteiger partial charge >= 0.3 is 0 Å². The smallest absolute Gasteiger partial charge is 0.229 e. The fraction of sp³-hybridized carbons (Fsp3) is 0.292. The number of benzene rings is 2. The van der Waals surface area contributed by atoms with Crippen molar-refractivity contribution < 1.29 is 9.53 Å². The normalized spacial score (nSPS) is 13.9. The van der Waals surface area contributed by atoms with Gasteiger partial charge in [0.2, 0.25) is 11.9 Å². The number of ether oxygens (including phenoxy) is 1. The van der Waals surface area contributed by atoms with Crippen LogP contribution in [-0.4, -0.2) is 35.1 Å². The molecule has 4 rings (SSSR count). The number of aromatic nitrogens is 2. The molecule has 32 heavy (non-hydrogen) atoms. The molecule has 0 spiro atoms. The number of aryl methyl sites for hydroxylation is 1. The average molecular weight is 433 g/mol. The van der Waals surface area contributed by atoms with Crippen LogP contribution < -0.4 is 26.0 Å². The zero-order chi connectivity index (χ0) is 22.3. The average Bonchev–Trinajstić information content (AvgIpc) is 2.78. The topological polar surface area (TPSA) is 100 Å². The van der Waals surface area contributed by atoms with Crippen LogP contribution in [0.1, 0.15) is 25.3 Å². The van der Waals surface area contributed by atoms with Gasteiger partial charge in [-0.2, -0.15) is 4.98 Å². The number of carbonyl (C=O) groups excluding carboxylic acids is 1. The van der Waals surface area contributed by atoms with Crippen LogP contribution in [0.2, 0.25) is 0 Å². The Kier molecular flexibility index (Phi) is 6.81. The SMILES string of the molecule is CC(=O)Nc1cccc(Nc2nc(Nc3ccc(OC4CCNCC4)cc3)ncc2C)c1. The maximum Gasteiger partial charge on any atom is 0.229 e. The van der Waals surface area contributed by atoms with Crippen LogP contribution in [0.15, 0.2) is 54.7 Å². The number of rotatable bonds is 7. The summed E-state index contributed by atoms with van der Waals surface area (Å²) in [7, 11) is 0. The van der Waals surface area contributed by atoms with Gasteiger partial charge in [-0.1, -0.05) is 6.07 Å². The van der Waals surface area contributed by atoms with E-state index in [1.54, 1.807) is 6.20 Å². The van der Waals surface area contributed by atoms with Crippen molar-refractivity contribution in [1.29, 1.82) is 0 Å². The lowest BCUT2D eigenvalue weighted by Gasteiger charge is -2.23. The summed E-state index contributed by atoms with van der Waals surface area (Å²) in [5, 5.41) is 12.7. The summed E-state index contributed by atoms with van der Waals surface area (Å²) < 4.78 is 6.06. The summed E-state index contributed by atoms with van der Waals surface area (Å²) in [4.78, 5) is 20.3. The highest BCUT2D eigenvalue weighted by Crippen LogP contribution is 2.24. The number of hydrogen-bond acceptors (Lipinski definition) is 7. The molecule has 4 N–H and O–H groups in total. The largest absolute Gasteiger partial charge is 0.490 e. The molecule has 0 atom stereocenters. The van der Waals surface area contributed by atoms with Gasteiger partial charge in [0.25, 0.3) is 0 Å². The summed E-state index contributed by atoms with van der Waals surface area (Å²) in [5.41, 5.74) is 3.33. The maximum absolute atomic E-state index is 11.3. The van der Waals surface area contributed by atoms with E-state index in [0.29, 0.717) is 11.8 Å². The fourth-order valence-corrected chi connectivity index (χ4v) is 3.50. The van der Waals surface area contributed by atoms with Gasteiger partial charge in [-0.3, -0.25) is 4.79 Å². The fourth-order valence-electron chi connectivity index (χ4n) is 3.50. The number of amides is 1. The molecule has 8 nitrogen and oxygen atoms in total. The lowest BCUT2D eigenvalue weighted by Crippen LogP contribution is -2.34. The molecule has 0 aliphatic carbocycles. The van der Waals surface area contributed by atoms with Gasteiger partial charge < -0.3 is 26.0 Å². The molecule has 0 bridgehead atoms. The van der Waals surface area contributed by atoms with E-state index in [1.807, 2.05) is 55.5 Å². The Morgan fingerprint density at radius 2 is 1.78 bits per heavy atom. The van der Waals surface area contributed by atoms with E-state index < -0.39 is 0 Å². The van der Waals surface area contributed by atoms with Crippen molar-refractivity contribution in [2.75, 3.05) is 29.0 Å². The third-order valence-corrected chi connectivity index (χ3v) is 5.12.